The lowest BCUT2D eigenvalue weighted by atomic mass is 10.0. The summed E-state index contributed by atoms with van der Waals surface area (Å²) >= 11 is 0. The van der Waals surface area contributed by atoms with Gasteiger partial charge in [0.05, 0.1) is 6.04 Å². The highest BCUT2D eigenvalue weighted by Gasteiger charge is 2.52. The van der Waals surface area contributed by atoms with E-state index in [1.165, 1.54) is 6.42 Å². The van der Waals surface area contributed by atoms with Gasteiger partial charge < -0.3 is 25.2 Å². The number of Topliss-reactive ketones (excluding diaryl/α,β-unsaturated/α-hetero) is 1. The molecule has 1 aromatic rings. The molecule has 2 amide bonds. The molecule has 3 heterocycles. The number of ketones is 1. The molecule has 0 bridgehead atoms. The number of ether oxygens (including phenoxy) is 1. The zero-order valence-electron chi connectivity index (χ0n) is 22.0. The van der Waals surface area contributed by atoms with Crippen molar-refractivity contribution in [3.05, 3.63) is 29.8 Å². The van der Waals surface area contributed by atoms with E-state index in [9.17, 15) is 14.4 Å². The minimum atomic E-state index is -0.700. The van der Waals surface area contributed by atoms with Crippen molar-refractivity contribution in [1.29, 1.82) is 0 Å². The van der Waals surface area contributed by atoms with Gasteiger partial charge in [-0.1, -0.05) is 20.8 Å². The lowest BCUT2D eigenvalue weighted by Crippen LogP contribution is -2.52. The second-order valence-corrected chi connectivity index (χ2v) is 10.6. The molecule has 3 aliphatic rings. The van der Waals surface area contributed by atoms with Crippen LogP contribution < -0.4 is 15.5 Å². The fourth-order valence-corrected chi connectivity index (χ4v) is 5.64. The van der Waals surface area contributed by atoms with Gasteiger partial charge in [-0.15, -0.1) is 0 Å². The summed E-state index contributed by atoms with van der Waals surface area (Å²) in [6, 6.07) is 6.25. The van der Waals surface area contributed by atoms with Crippen molar-refractivity contribution in [1.82, 2.24) is 20.4 Å². The van der Waals surface area contributed by atoms with Crippen LogP contribution in [0.1, 0.15) is 44.0 Å². The van der Waals surface area contributed by atoms with E-state index in [1.54, 1.807) is 4.90 Å². The highest BCUT2D eigenvalue weighted by molar-refractivity contribution is 5.99. The van der Waals surface area contributed by atoms with E-state index in [0.717, 1.165) is 38.4 Å². The zero-order valence-corrected chi connectivity index (χ0v) is 22.0. The Labute approximate surface area is 214 Å². The van der Waals surface area contributed by atoms with Gasteiger partial charge in [-0.3, -0.25) is 19.3 Å². The highest BCUT2D eigenvalue weighted by atomic mass is 16.5. The van der Waals surface area contributed by atoms with Crippen molar-refractivity contribution in [2.45, 2.75) is 57.8 Å². The van der Waals surface area contributed by atoms with E-state index in [-0.39, 0.29) is 42.3 Å². The Hall–Kier alpha value is -2.49. The maximum Gasteiger partial charge on any atom is 0.251 e. The Morgan fingerprint density at radius 2 is 1.81 bits per heavy atom. The number of rotatable bonds is 9. The van der Waals surface area contributed by atoms with E-state index in [1.807, 2.05) is 45.2 Å². The number of carbonyl (C=O) groups is 3. The molecule has 3 saturated heterocycles. The topological polar surface area (TPSA) is 94.2 Å². The van der Waals surface area contributed by atoms with Crippen molar-refractivity contribution >= 4 is 23.3 Å². The van der Waals surface area contributed by atoms with Crippen LogP contribution in [0.15, 0.2) is 24.3 Å². The molecule has 0 unspecified atom stereocenters. The smallest absolute Gasteiger partial charge is 0.251 e. The van der Waals surface area contributed by atoms with Gasteiger partial charge in [0.2, 0.25) is 5.91 Å². The molecule has 198 valence electrons. The molecule has 4 rings (SSSR count). The number of benzene rings is 1. The van der Waals surface area contributed by atoms with Crippen LogP contribution in [0.3, 0.4) is 0 Å². The average molecular weight is 500 g/mol. The number of fused-ring (bicyclic) bond motifs is 1. The zero-order chi connectivity index (χ0) is 25.8. The monoisotopic (exact) mass is 499 g/mol. The summed E-state index contributed by atoms with van der Waals surface area (Å²) in [6.45, 7) is 11.9. The Morgan fingerprint density at radius 1 is 1.11 bits per heavy atom. The summed E-state index contributed by atoms with van der Waals surface area (Å²) in [7, 11) is 1.81. The molecule has 9 nitrogen and oxygen atoms in total. The number of nitrogens with zero attached hydrogens (tertiary/aromatic N) is 3. The summed E-state index contributed by atoms with van der Waals surface area (Å²) in [5.41, 5.74) is 1.64. The number of likely N-dealkylation sites (N-methyl/N-ethyl adjacent to an activating group) is 1. The second kappa shape index (κ2) is 11.7. The molecule has 2 N–H and O–H groups in total. The van der Waals surface area contributed by atoms with Crippen molar-refractivity contribution < 1.29 is 19.1 Å². The average Bonchev–Trinajstić information content (AvgIpc) is 3.44. The van der Waals surface area contributed by atoms with Crippen LogP contribution in [0.5, 0.6) is 0 Å². The third-order valence-corrected chi connectivity index (χ3v) is 7.56. The first-order valence-corrected chi connectivity index (χ1v) is 13.3. The lowest BCUT2D eigenvalue weighted by molar-refractivity contribution is -0.138. The molecule has 3 aliphatic heterocycles. The molecule has 0 radical (unpaired) electrons. The number of piperazine rings is 1. The summed E-state index contributed by atoms with van der Waals surface area (Å²) in [6.07, 6.45) is 1.33. The fraction of sp³-hybridized carbons (Fsp3) is 0.667. The van der Waals surface area contributed by atoms with Crippen molar-refractivity contribution in [3.8, 4) is 0 Å². The summed E-state index contributed by atoms with van der Waals surface area (Å²) in [4.78, 5) is 45.7. The lowest BCUT2D eigenvalue weighted by Gasteiger charge is -2.36. The van der Waals surface area contributed by atoms with E-state index in [0.29, 0.717) is 18.5 Å². The van der Waals surface area contributed by atoms with E-state index in [4.69, 9.17) is 4.74 Å². The molecular weight excluding hydrogens is 458 g/mol. The number of hydrogen-bond acceptors (Lipinski definition) is 7. The summed E-state index contributed by atoms with van der Waals surface area (Å²) in [5, 5.41) is 6.13. The van der Waals surface area contributed by atoms with E-state index in [2.05, 4.69) is 27.4 Å². The molecule has 36 heavy (non-hydrogen) atoms. The third kappa shape index (κ3) is 5.74. The van der Waals surface area contributed by atoms with E-state index < -0.39 is 12.1 Å². The van der Waals surface area contributed by atoms with Gasteiger partial charge in [0, 0.05) is 44.0 Å². The standard InChI is InChI=1S/C27H41N5O4/c1-5-10-30-11-13-31(14-12-30)20-8-6-19(7-9-20)26(34)29-21(15-18(2)3)27(35)32-16-22(28-4)25-24(32)23(33)17-36-25/h6-9,18,21-22,24-25,28H,5,10-17H2,1-4H3,(H,29,34)/t21-,22-,24+,25+/m0/s1. The molecular formula is C27H41N5O4. The van der Waals surface area contributed by atoms with Crippen LogP contribution in [0.2, 0.25) is 0 Å². The quantitative estimate of drug-likeness (QED) is 0.526. The van der Waals surface area contributed by atoms with Gasteiger partial charge >= 0.3 is 0 Å². The van der Waals surface area contributed by atoms with Crippen LogP contribution in [-0.4, -0.2) is 105 Å². The van der Waals surface area contributed by atoms with Gasteiger partial charge in [0.25, 0.3) is 5.91 Å². The van der Waals surface area contributed by atoms with Gasteiger partial charge in [0.1, 0.15) is 24.8 Å². The molecule has 0 aliphatic carbocycles. The predicted octanol–water partition coefficient (Wildman–Crippen LogP) is 1.13. The number of carbonyl (C=O) groups excluding carboxylic acids is 3. The highest BCUT2D eigenvalue weighted by Crippen LogP contribution is 2.29. The number of anilines is 1. The summed E-state index contributed by atoms with van der Waals surface area (Å²) < 4.78 is 5.66. The van der Waals surface area contributed by atoms with Crippen LogP contribution in [0, 0.1) is 5.92 Å². The maximum absolute atomic E-state index is 13.6. The first-order chi connectivity index (χ1) is 17.3. The number of nitrogens with one attached hydrogen (secondary N) is 2. The number of likely N-dealkylation sites (tertiary alicyclic amines) is 1. The second-order valence-electron chi connectivity index (χ2n) is 10.6. The van der Waals surface area contributed by atoms with Gasteiger partial charge in [-0.2, -0.15) is 0 Å². The Bertz CT molecular complexity index is 929. The van der Waals surface area contributed by atoms with Crippen LogP contribution in [0.25, 0.3) is 0 Å². The fourth-order valence-electron chi connectivity index (χ4n) is 5.64. The molecule has 0 aromatic heterocycles. The molecule has 3 fully saturated rings. The maximum atomic E-state index is 13.6. The largest absolute Gasteiger partial charge is 0.369 e. The minimum absolute atomic E-state index is 0.0263. The van der Waals surface area contributed by atoms with Gasteiger partial charge in [-0.05, 0) is 56.6 Å². The van der Waals surface area contributed by atoms with Gasteiger partial charge in [0.15, 0.2) is 5.78 Å². The van der Waals surface area contributed by atoms with Gasteiger partial charge in [-0.25, -0.2) is 0 Å². The Kier molecular flexibility index (Phi) is 8.64. The summed E-state index contributed by atoms with van der Waals surface area (Å²) in [5.74, 6) is -0.373. The van der Waals surface area contributed by atoms with E-state index >= 15 is 0 Å². The van der Waals surface area contributed by atoms with Crippen molar-refractivity contribution in [2.75, 3.05) is 57.8 Å². The van der Waals surface area contributed by atoms with Crippen LogP contribution in [0.4, 0.5) is 5.69 Å². The van der Waals surface area contributed by atoms with Crippen molar-refractivity contribution in [3.63, 3.8) is 0 Å². The van der Waals surface area contributed by atoms with Crippen LogP contribution >= 0.6 is 0 Å². The van der Waals surface area contributed by atoms with Crippen molar-refractivity contribution in [2.24, 2.45) is 5.92 Å². The normalized spacial score (nSPS) is 25.4. The molecule has 0 saturated carbocycles. The molecule has 4 atom stereocenters. The molecule has 1 aromatic carbocycles. The molecule has 9 heteroatoms. The minimum Gasteiger partial charge on any atom is -0.369 e. The predicted molar refractivity (Wildman–Crippen MR) is 139 cm³/mol. The SMILES string of the molecule is CCCN1CCN(c2ccc(C(=O)N[C@@H](CC(C)C)C(=O)N3C[C@H](NC)[C@H]4OCC(=O)[C@H]43)cc2)CC1. The Morgan fingerprint density at radius 3 is 2.42 bits per heavy atom. The Balaban J connectivity index is 1.41. The first-order valence-electron chi connectivity index (χ1n) is 13.3. The number of hydrogen-bond donors (Lipinski definition) is 2. The molecule has 0 spiro atoms. The number of amides is 2. The third-order valence-electron chi connectivity index (χ3n) is 7.56. The first kappa shape index (κ1) is 26.6. The van der Waals surface area contributed by atoms with Crippen LogP contribution in [-0.2, 0) is 14.3 Å².